The van der Waals surface area contributed by atoms with Crippen molar-refractivity contribution in [3.8, 4) is 0 Å². The van der Waals surface area contributed by atoms with E-state index in [4.69, 9.17) is 0 Å². The van der Waals surface area contributed by atoms with Gasteiger partial charge in [0.05, 0.1) is 18.6 Å². The van der Waals surface area contributed by atoms with Gasteiger partial charge in [-0.1, -0.05) is 37.1 Å². The monoisotopic (exact) mass is 541 g/mol. The Labute approximate surface area is 213 Å². The van der Waals surface area contributed by atoms with Crippen molar-refractivity contribution >= 4 is 5.91 Å². The molecule has 37 heavy (non-hydrogen) atoms. The number of fused-ring (bicyclic) bond motifs is 1. The summed E-state index contributed by atoms with van der Waals surface area (Å²) in [5, 5.41) is 31.3. The zero-order chi connectivity index (χ0) is 27.8. The van der Waals surface area contributed by atoms with Gasteiger partial charge in [-0.2, -0.15) is 26.3 Å². The second-order valence-corrected chi connectivity index (χ2v) is 11.4. The number of carbonyl (C=O) groups is 1. The van der Waals surface area contributed by atoms with Gasteiger partial charge in [-0.05, 0) is 74.5 Å². The third kappa shape index (κ3) is 6.36. The van der Waals surface area contributed by atoms with Crippen molar-refractivity contribution in [2.45, 2.75) is 102 Å². The van der Waals surface area contributed by atoms with Gasteiger partial charge >= 0.3 is 12.4 Å². The van der Waals surface area contributed by atoms with E-state index in [0.717, 1.165) is 37.7 Å². The first-order chi connectivity index (χ1) is 17.0. The smallest absolute Gasteiger partial charge is 0.393 e. The topological polar surface area (TPSA) is 89.8 Å². The van der Waals surface area contributed by atoms with E-state index in [1.165, 1.54) is 5.57 Å². The van der Waals surface area contributed by atoms with E-state index >= 15 is 0 Å². The van der Waals surface area contributed by atoms with Crippen LogP contribution in [0.15, 0.2) is 23.3 Å². The largest absolute Gasteiger partial charge is 0.426 e. The minimum atomic E-state index is -6.03. The molecule has 1 amide bonds. The number of alkyl halides is 6. The third-order valence-electron chi connectivity index (χ3n) is 8.77. The van der Waals surface area contributed by atoms with Crippen LogP contribution in [0.3, 0.4) is 0 Å². The van der Waals surface area contributed by atoms with Gasteiger partial charge in [-0.25, -0.2) is 0 Å². The van der Waals surface area contributed by atoms with Crippen LogP contribution in [-0.2, 0) is 4.79 Å². The van der Waals surface area contributed by atoms with Gasteiger partial charge in [-0.15, -0.1) is 0 Å². The maximum Gasteiger partial charge on any atom is 0.426 e. The Kier molecular flexibility index (Phi) is 8.81. The molecule has 3 aliphatic rings. The molecule has 0 heterocycles. The van der Waals surface area contributed by atoms with Crippen molar-refractivity contribution in [1.82, 2.24) is 5.32 Å². The molecule has 0 radical (unpaired) electrons. The number of halogens is 6. The summed E-state index contributed by atoms with van der Waals surface area (Å²) in [6.45, 7) is 3.91. The van der Waals surface area contributed by atoms with E-state index in [9.17, 15) is 46.5 Å². The lowest BCUT2D eigenvalue weighted by Gasteiger charge is -2.44. The summed E-state index contributed by atoms with van der Waals surface area (Å²) in [6.07, 6.45) is -5.32. The molecule has 0 bridgehead atoms. The SMILES string of the molecule is C[C@H](CNC(=O)CC(O)(C(F)(F)F)C(F)(F)F)[C@H]1CCC2C(=CC=C3C[C@@H](O)C[C@H](O)C3)CCC[C@@]21C. The molecule has 3 fully saturated rings. The summed E-state index contributed by atoms with van der Waals surface area (Å²) in [7, 11) is 0. The van der Waals surface area contributed by atoms with Crippen molar-refractivity contribution in [2.75, 3.05) is 6.54 Å². The predicted octanol–water partition coefficient (Wildman–Crippen LogP) is 4.96. The normalized spacial score (nSPS) is 33.3. The van der Waals surface area contributed by atoms with E-state index in [1.807, 2.05) is 13.0 Å². The number of rotatable bonds is 6. The van der Waals surface area contributed by atoms with Crippen LogP contribution in [0.5, 0.6) is 0 Å². The number of hydrogen-bond acceptors (Lipinski definition) is 4. The van der Waals surface area contributed by atoms with Crippen LogP contribution < -0.4 is 5.32 Å². The van der Waals surface area contributed by atoms with Crippen LogP contribution in [0.4, 0.5) is 26.3 Å². The number of aliphatic hydroxyl groups excluding tert-OH is 2. The molecule has 3 rings (SSSR count). The van der Waals surface area contributed by atoms with Crippen molar-refractivity contribution in [1.29, 1.82) is 0 Å². The van der Waals surface area contributed by atoms with Gasteiger partial charge < -0.3 is 20.6 Å². The minimum Gasteiger partial charge on any atom is -0.393 e. The highest BCUT2D eigenvalue weighted by molar-refractivity contribution is 5.77. The van der Waals surface area contributed by atoms with Crippen LogP contribution in [0, 0.1) is 23.2 Å². The number of aliphatic hydroxyl groups is 3. The van der Waals surface area contributed by atoms with Crippen molar-refractivity contribution in [3.63, 3.8) is 0 Å². The molecule has 0 saturated heterocycles. The fraction of sp³-hybridized carbons (Fsp3) is 0.808. The molecule has 0 aliphatic heterocycles. The number of hydrogen-bond donors (Lipinski definition) is 4. The first-order valence-electron chi connectivity index (χ1n) is 12.8. The van der Waals surface area contributed by atoms with Crippen LogP contribution in [0.25, 0.3) is 0 Å². The second-order valence-electron chi connectivity index (χ2n) is 11.4. The quantitative estimate of drug-likeness (QED) is 0.358. The van der Waals surface area contributed by atoms with E-state index < -0.39 is 42.5 Å². The summed E-state index contributed by atoms with van der Waals surface area (Å²) in [4.78, 5) is 12.0. The molecule has 3 aliphatic carbocycles. The van der Waals surface area contributed by atoms with Gasteiger partial charge in [0.1, 0.15) is 0 Å². The first-order valence-corrected chi connectivity index (χ1v) is 12.8. The average molecular weight is 542 g/mol. The van der Waals surface area contributed by atoms with Crippen LogP contribution >= 0.6 is 0 Å². The summed E-state index contributed by atoms with van der Waals surface area (Å²) >= 11 is 0. The highest BCUT2D eigenvalue weighted by atomic mass is 19.4. The van der Waals surface area contributed by atoms with Crippen LogP contribution in [-0.4, -0.2) is 57.9 Å². The Bertz CT molecular complexity index is 872. The number of allylic oxidation sites excluding steroid dienone is 3. The maximum atomic E-state index is 12.9. The van der Waals surface area contributed by atoms with E-state index in [0.29, 0.717) is 19.3 Å². The summed E-state index contributed by atoms with van der Waals surface area (Å²) in [5.74, 6) is -1.32. The van der Waals surface area contributed by atoms with Crippen molar-refractivity contribution in [2.24, 2.45) is 23.2 Å². The molecule has 1 unspecified atom stereocenters. The Balaban J connectivity index is 1.65. The molecule has 0 aromatic heterocycles. The first kappa shape index (κ1) is 30.0. The molecule has 11 heteroatoms. The van der Waals surface area contributed by atoms with Gasteiger partial charge in [0.15, 0.2) is 0 Å². The molecule has 0 spiro atoms. The van der Waals surface area contributed by atoms with Gasteiger partial charge in [0.2, 0.25) is 5.91 Å². The summed E-state index contributed by atoms with van der Waals surface area (Å²) in [6, 6.07) is 0. The zero-order valence-electron chi connectivity index (χ0n) is 21.1. The van der Waals surface area contributed by atoms with Gasteiger partial charge in [0.25, 0.3) is 5.60 Å². The van der Waals surface area contributed by atoms with Crippen LogP contribution in [0.2, 0.25) is 0 Å². The highest BCUT2D eigenvalue weighted by Gasteiger charge is 2.71. The van der Waals surface area contributed by atoms with Gasteiger partial charge in [-0.3, -0.25) is 4.79 Å². The Morgan fingerprint density at radius 3 is 2.24 bits per heavy atom. The fourth-order valence-corrected chi connectivity index (χ4v) is 6.82. The number of nitrogens with one attached hydrogen (secondary N) is 1. The standard InChI is InChI=1S/C26H37F6NO4/c1-15(14-33-22(36)13-24(37,25(27,28)29)26(30,31)32)20-7-8-21-17(4-3-9-23(20,21)2)6-5-16-10-18(34)12-19(35)11-16/h5-6,15,18-21,34-35,37H,3-4,7-14H2,1-2H3,(H,33,36)/t15-,18-,19-,20-,21?,23-/m1/s1. The lowest BCUT2D eigenvalue weighted by atomic mass is 9.61. The average Bonchev–Trinajstić information content (AvgIpc) is 3.11. The fourth-order valence-electron chi connectivity index (χ4n) is 6.82. The predicted molar refractivity (Wildman–Crippen MR) is 124 cm³/mol. The maximum absolute atomic E-state index is 12.9. The van der Waals surface area contributed by atoms with Crippen molar-refractivity contribution < 1.29 is 46.5 Å². The molecule has 6 atom stereocenters. The zero-order valence-corrected chi connectivity index (χ0v) is 21.1. The molecular weight excluding hydrogens is 504 g/mol. The van der Waals surface area contributed by atoms with Crippen LogP contribution in [0.1, 0.15) is 71.6 Å². The van der Waals surface area contributed by atoms with Crippen molar-refractivity contribution in [3.05, 3.63) is 23.3 Å². The Morgan fingerprint density at radius 1 is 1.08 bits per heavy atom. The molecule has 212 valence electrons. The van der Waals surface area contributed by atoms with Gasteiger partial charge in [0, 0.05) is 6.54 Å². The molecule has 0 aromatic carbocycles. The minimum absolute atomic E-state index is 0.0868. The third-order valence-corrected chi connectivity index (χ3v) is 8.77. The Morgan fingerprint density at radius 2 is 1.68 bits per heavy atom. The molecule has 5 nitrogen and oxygen atoms in total. The molecular formula is C26H37F6NO4. The second kappa shape index (κ2) is 10.9. The molecule has 0 aromatic rings. The highest BCUT2D eigenvalue weighted by Crippen LogP contribution is 2.59. The molecule has 4 N–H and O–H groups in total. The Hall–Kier alpha value is -1.59. The summed E-state index contributed by atoms with van der Waals surface area (Å²) in [5.41, 5.74) is -2.96. The lowest BCUT2D eigenvalue weighted by Crippen LogP contribution is -2.59. The lowest BCUT2D eigenvalue weighted by molar-refractivity contribution is -0.367. The number of carbonyl (C=O) groups excluding carboxylic acids is 1. The molecule has 3 saturated carbocycles. The summed E-state index contributed by atoms with van der Waals surface area (Å²) < 4.78 is 77.5. The van der Waals surface area contributed by atoms with E-state index in [2.05, 4.69) is 18.3 Å². The number of amides is 1. The van der Waals surface area contributed by atoms with E-state index in [1.54, 1.807) is 0 Å². The van der Waals surface area contributed by atoms with E-state index in [-0.39, 0.29) is 29.7 Å².